The van der Waals surface area contributed by atoms with Gasteiger partial charge in [-0.3, -0.25) is 4.68 Å². The van der Waals surface area contributed by atoms with E-state index >= 15 is 0 Å². The van der Waals surface area contributed by atoms with E-state index in [0.717, 1.165) is 22.9 Å². The molecule has 1 N–H and O–H groups in total. The Morgan fingerprint density at radius 2 is 2.10 bits per heavy atom. The van der Waals surface area contributed by atoms with Crippen molar-refractivity contribution in [1.82, 2.24) is 9.78 Å². The number of benzene rings is 1. The molecule has 1 fully saturated rings. The molecule has 20 heavy (non-hydrogen) atoms. The molecule has 0 saturated heterocycles. The van der Waals surface area contributed by atoms with Gasteiger partial charge < -0.3 is 5.32 Å². The van der Waals surface area contributed by atoms with E-state index in [1.165, 1.54) is 31.2 Å². The normalized spacial score (nSPS) is 15.7. The van der Waals surface area contributed by atoms with Crippen LogP contribution in [0.4, 0.5) is 5.69 Å². The fourth-order valence-corrected chi connectivity index (χ4v) is 2.99. The van der Waals surface area contributed by atoms with E-state index in [-0.39, 0.29) is 0 Å². The monoisotopic (exact) mass is 289 g/mol. The molecule has 0 bridgehead atoms. The van der Waals surface area contributed by atoms with Gasteiger partial charge >= 0.3 is 0 Å². The average Bonchev–Trinajstić information content (AvgIpc) is 3.09. The van der Waals surface area contributed by atoms with E-state index in [0.29, 0.717) is 6.04 Å². The highest BCUT2D eigenvalue weighted by molar-refractivity contribution is 6.30. The SMILES string of the molecule is Cc1ccc(Cl)cc1NCc1ccn(C2CCCC2)n1. The Morgan fingerprint density at radius 1 is 1.30 bits per heavy atom. The number of nitrogens with zero attached hydrogens (tertiary/aromatic N) is 2. The van der Waals surface area contributed by atoms with Gasteiger partial charge in [-0.2, -0.15) is 5.10 Å². The fraction of sp³-hybridized carbons (Fsp3) is 0.438. The van der Waals surface area contributed by atoms with Crippen molar-refractivity contribution in [2.75, 3.05) is 5.32 Å². The van der Waals surface area contributed by atoms with Crippen LogP contribution in [0.15, 0.2) is 30.5 Å². The van der Waals surface area contributed by atoms with E-state index in [1.54, 1.807) is 0 Å². The number of hydrogen-bond donors (Lipinski definition) is 1. The Hall–Kier alpha value is -1.48. The predicted molar refractivity (Wildman–Crippen MR) is 83.2 cm³/mol. The third-order valence-corrected chi connectivity index (χ3v) is 4.26. The summed E-state index contributed by atoms with van der Waals surface area (Å²) in [5, 5.41) is 8.85. The van der Waals surface area contributed by atoms with Crippen LogP contribution in [0.5, 0.6) is 0 Å². The van der Waals surface area contributed by atoms with E-state index < -0.39 is 0 Å². The molecule has 0 atom stereocenters. The molecule has 2 aromatic rings. The van der Waals surface area contributed by atoms with Gasteiger partial charge in [-0.25, -0.2) is 0 Å². The second kappa shape index (κ2) is 5.88. The van der Waals surface area contributed by atoms with Crippen LogP contribution in [-0.2, 0) is 6.54 Å². The van der Waals surface area contributed by atoms with Gasteiger partial charge in [0, 0.05) is 16.9 Å². The second-order valence-electron chi connectivity index (χ2n) is 5.54. The van der Waals surface area contributed by atoms with Crippen molar-refractivity contribution in [3.8, 4) is 0 Å². The summed E-state index contributed by atoms with van der Waals surface area (Å²) in [5.41, 5.74) is 3.36. The molecule has 0 amide bonds. The van der Waals surface area contributed by atoms with E-state index in [9.17, 15) is 0 Å². The molecule has 1 aromatic carbocycles. The standard InChI is InChI=1S/C16H20ClN3/c1-12-6-7-13(17)10-16(12)18-11-14-8-9-20(19-14)15-4-2-3-5-15/h6-10,15,18H,2-5,11H2,1H3. The topological polar surface area (TPSA) is 29.9 Å². The number of rotatable bonds is 4. The van der Waals surface area contributed by atoms with Gasteiger partial charge in [0.1, 0.15) is 0 Å². The maximum Gasteiger partial charge on any atom is 0.0815 e. The molecule has 0 unspecified atom stereocenters. The lowest BCUT2D eigenvalue weighted by Crippen LogP contribution is -2.07. The Labute approximate surface area is 124 Å². The highest BCUT2D eigenvalue weighted by Gasteiger charge is 2.17. The zero-order chi connectivity index (χ0) is 13.9. The Kier molecular flexibility index (Phi) is 3.97. The predicted octanol–water partition coefficient (Wildman–Crippen LogP) is 4.57. The molecule has 1 aliphatic carbocycles. The third-order valence-electron chi connectivity index (χ3n) is 4.02. The summed E-state index contributed by atoms with van der Waals surface area (Å²) < 4.78 is 2.13. The van der Waals surface area contributed by atoms with Gasteiger partial charge in [0.15, 0.2) is 0 Å². The van der Waals surface area contributed by atoms with E-state index in [4.69, 9.17) is 11.6 Å². The van der Waals surface area contributed by atoms with Crippen molar-refractivity contribution in [2.45, 2.75) is 45.2 Å². The average molecular weight is 290 g/mol. The minimum Gasteiger partial charge on any atom is -0.379 e. The molecule has 0 aliphatic heterocycles. The quantitative estimate of drug-likeness (QED) is 0.893. The first kappa shape index (κ1) is 13.5. The maximum atomic E-state index is 6.03. The summed E-state index contributed by atoms with van der Waals surface area (Å²) in [5.74, 6) is 0. The van der Waals surface area contributed by atoms with Crippen LogP contribution in [0, 0.1) is 6.92 Å². The zero-order valence-corrected chi connectivity index (χ0v) is 12.5. The second-order valence-corrected chi connectivity index (χ2v) is 5.97. The zero-order valence-electron chi connectivity index (χ0n) is 11.8. The van der Waals surface area contributed by atoms with Crippen LogP contribution in [0.2, 0.25) is 5.02 Å². The lowest BCUT2D eigenvalue weighted by atomic mass is 10.2. The first-order chi connectivity index (χ1) is 9.72. The minimum absolute atomic E-state index is 0.608. The number of nitrogens with one attached hydrogen (secondary N) is 1. The Bertz CT molecular complexity index is 585. The van der Waals surface area contributed by atoms with Crippen LogP contribution < -0.4 is 5.32 Å². The van der Waals surface area contributed by atoms with E-state index in [1.807, 2.05) is 18.2 Å². The number of aryl methyl sites for hydroxylation is 1. The molecule has 4 heteroatoms. The first-order valence-corrected chi connectivity index (χ1v) is 7.64. The molecule has 106 valence electrons. The number of hydrogen-bond acceptors (Lipinski definition) is 2. The van der Waals surface area contributed by atoms with Gasteiger partial charge in [0.2, 0.25) is 0 Å². The highest BCUT2D eigenvalue weighted by atomic mass is 35.5. The molecule has 1 aliphatic rings. The molecule has 1 heterocycles. The number of halogens is 1. The first-order valence-electron chi connectivity index (χ1n) is 7.26. The molecule has 1 saturated carbocycles. The van der Waals surface area contributed by atoms with Crippen LogP contribution in [0.1, 0.15) is 43.0 Å². The van der Waals surface area contributed by atoms with Crippen LogP contribution in [-0.4, -0.2) is 9.78 Å². The van der Waals surface area contributed by atoms with Gasteiger partial charge in [0.05, 0.1) is 18.3 Å². The van der Waals surface area contributed by atoms with E-state index in [2.05, 4.69) is 34.3 Å². The van der Waals surface area contributed by atoms with Crippen molar-refractivity contribution < 1.29 is 0 Å². The molecule has 3 nitrogen and oxygen atoms in total. The van der Waals surface area contributed by atoms with Crippen molar-refractivity contribution in [2.24, 2.45) is 0 Å². The number of anilines is 1. The third kappa shape index (κ3) is 2.98. The number of aromatic nitrogens is 2. The molecule has 1 aromatic heterocycles. The lowest BCUT2D eigenvalue weighted by molar-refractivity contribution is 0.463. The largest absolute Gasteiger partial charge is 0.379 e. The summed E-state index contributed by atoms with van der Waals surface area (Å²) in [6.07, 6.45) is 7.31. The summed E-state index contributed by atoms with van der Waals surface area (Å²) in [6, 6.07) is 8.62. The van der Waals surface area contributed by atoms with Crippen molar-refractivity contribution >= 4 is 17.3 Å². The fourth-order valence-electron chi connectivity index (χ4n) is 2.81. The minimum atomic E-state index is 0.608. The van der Waals surface area contributed by atoms with Gasteiger partial charge in [0.25, 0.3) is 0 Å². The van der Waals surface area contributed by atoms with Crippen molar-refractivity contribution in [3.63, 3.8) is 0 Å². The molecule has 0 spiro atoms. The Balaban J connectivity index is 1.64. The highest BCUT2D eigenvalue weighted by Crippen LogP contribution is 2.28. The van der Waals surface area contributed by atoms with Crippen LogP contribution in [0.3, 0.4) is 0 Å². The maximum absolute atomic E-state index is 6.03. The van der Waals surface area contributed by atoms with Crippen molar-refractivity contribution in [1.29, 1.82) is 0 Å². The summed E-state index contributed by atoms with van der Waals surface area (Å²) in [7, 11) is 0. The molecule has 0 radical (unpaired) electrons. The van der Waals surface area contributed by atoms with Crippen LogP contribution in [0.25, 0.3) is 0 Å². The summed E-state index contributed by atoms with van der Waals surface area (Å²) in [6.45, 7) is 2.82. The molecule has 3 rings (SSSR count). The van der Waals surface area contributed by atoms with Gasteiger partial charge in [-0.1, -0.05) is 30.5 Å². The Morgan fingerprint density at radius 3 is 2.90 bits per heavy atom. The van der Waals surface area contributed by atoms with Gasteiger partial charge in [-0.15, -0.1) is 0 Å². The smallest absolute Gasteiger partial charge is 0.0815 e. The molecular formula is C16H20ClN3. The summed E-state index contributed by atoms with van der Waals surface area (Å²) >= 11 is 6.03. The van der Waals surface area contributed by atoms with Crippen molar-refractivity contribution in [3.05, 3.63) is 46.7 Å². The summed E-state index contributed by atoms with van der Waals surface area (Å²) in [4.78, 5) is 0. The lowest BCUT2D eigenvalue weighted by Gasteiger charge is -2.10. The molecular weight excluding hydrogens is 270 g/mol. The van der Waals surface area contributed by atoms with Gasteiger partial charge in [-0.05, 0) is 43.5 Å². The van der Waals surface area contributed by atoms with Crippen LogP contribution >= 0.6 is 11.6 Å².